The molecule has 9 heteroatoms. The fourth-order valence-electron chi connectivity index (χ4n) is 5.02. The van der Waals surface area contributed by atoms with Crippen molar-refractivity contribution < 1.29 is 42.3 Å². The highest BCUT2D eigenvalue weighted by atomic mass is 19.1. The van der Waals surface area contributed by atoms with E-state index in [1.54, 1.807) is 36.4 Å². The van der Waals surface area contributed by atoms with Crippen molar-refractivity contribution >= 4 is 5.97 Å². The van der Waals surface area contributed by atoms with Crippen molar-refractivity contribution in [2.45, 2.75) is 25.0 Å². The lowest BCUT2D eigenvalue weighted by Gasteiger charge is -2.12. The van der Waals surface area contributed by atoms with Crippen LogP contribution in [0.4, 0.5) is 4.39 Å². The molecule has 2 fully saturated rings. The molecule has 0 N–H and O–H groups in total. The maximum absolute atomic E-state index is 14.3. The lowest BCUT2D eigenvalue weighted by atomic mass is 9.99. The van der Waals surface area contributed by atoms with Crippen LogP contribution in [0.1, 0.15) is 34.3 Å². The minimum Gasteiger partial charge on any atom is -0.491 e. The van der Waals surface area contributed by atoms with Crippen LogP contribution in [0.25, 0.3) is 11.1 Å². The molecule has 220 valence electrons. The Bertz CT molecular complexity index is 1650. The number of fused-ring (bicyclic) bond motifs is 3. The average Bonchev–Trinajstić information content (AvgIpc) is 3.96. The van der Waals surface area contributed by atoms with Crippen molar-refractivity contribution in [2.24, 2.45) is 0 Å². The van der Waals surface area contributed by atoms with E-state index in [9.17, 15) is 9.18 Å². The SMILES string of the molecule is CC1c2cc(OCOc3ccc(OCC4CO4)c(F)c3)ccc2-c2ccc(OC(=O)c3ccc(OCC4CO4)cc3)cc21. The fraction of sp³-hybridized carbons (Fsp3) is 0.265. The molecule has 1 aliphatic carbocycles. The molecule has 0 spiro atoms. The molecule has 0 radical (unpaired) electrons. The zero-order valence-corrected chi connectivity index (χ0v) is 23.4. The summed E-state index contributed by atoms with van der Waals surface area (Å²) >= 11 is 0. The van der Waals surface area contributed by atoms with Gasteiger partial charge in [0.2, 0.25) is 6.79 Å². The minimum atomic E-state index is -0.505. The average molecular weight is 585 g/mol. The summed E-state index contributed by atoms with van der Waals surface area (Å²) in [6.07, 6.45) is 0.217. The van der Waals surface area contributed by atoms with Gasteiger partial charge >= 0.3 is 5.97 Å². The second kappa shape index (κ2) is 11.6. The maximum atomic E-state index is 14.3. The van der Waals surface area contributed by atoms with Gasteiger partial charge in [0.1, 0.15) is 48.4 Å². The predicted molar refractivity (Wildman–Crippen MR) is 154 cm³/mol. The number of hydrogen-bond acceptors (Lipinski definition) is 8. The molecule has 0 amide bonds. The molecule has 0 aromatic heterocycles. The van der Waals surface area contributed by atoms with Crippen molar-refractivity contribution in [3.8, 4) is 39.9 Å². The summed E-state index contributed by atoms with van der Waals surface area (Å²) in [5.74, 6) is 1.40. The number of carbonyl (C=O) groups is 1. The van der Waals surface area contributed by atoms with Crippen LogP contribution in [0.5, 0.6) is 28.7 Å². The normalized spacial score (nSPS) is 19.2. The highest BCUT2D eigenvalue weighted by molar-refractivity contribution is 5.91. The minimum absolute atomic E-state index is 0.0497. The van der Waals surface area contributed by atoms with Crippen LogP contribution in [0, 0.1) is 5.82 Å². The van der Waals surface area contributed by atoms with E-state index in [4.69, 9.17) is 33.2 Å². The number of hydrogen-bond donors (Lipinski definition) is 0. The quantitative estimate of drug-likeness (QED) is 0.0849. The highest BCUT2D eigenvalue weighted by Crippen LogP contribution is 2.47. The van der Waals surface area contributed by atoms with Gasteiger partial charge in [-0.3, -0.25) is 0 Å². The summed E-state index contributed by atoms with van der Waals surface area (Å²) in [5, 5.41) is 0. The second-order valence-electron chi connectivity index (χ2n) is 10.7. The molecule has 0 bridgehead atoms. The van der Waals surface area contributed by atoms with Crippen LogP contribution in [-0.4, -0.2) is 51.4 Å². The first kappa shape index (κ1) is 27.2. The van der Waals surface area contributed by atoms with E-state index in [1.165, 1.54) is 12.1 Å². The smallest absolute Gasteiger partial charge is 0.343 e. The van der Waals surface area contributed by atoms with Crippen molar-refractivity contribution in [1.29, 1.82) is 0 Å². The van der Waals surface area contributed by atoms with Gasteiger partial charge in [0, 0.05) is 12.0 Å². The Hall–Kier alpha value is -4.60. The first-order chi connectivity index (χ1) is 21.0. The van der Waals surface area contributed by atoms with Crippen LogP contribution < -0.4 is 23.7 Å². The Morgan fingerprint density at radius 2 is 1.28 bits per heavy atom. The molecule has 4 aromatic carbocycles. The van der Waals surface area contributed by atoms with Gasteiger partial charge in [-0.1, -0.05) is 19.1 Å². The molecular weight excluding hydrogens is 555 g/mol. The summed E-state index contributed by atoms with van der Waals surface area (Å²) in [6.45, 7) is 4.22. The van der Waals surface area contributed by atoms with Crippen molar-refractivity contribution in [2.75, 3.05) is 33.2 Å². The van der Waals surface area contributed by atoms with Gasteiger partial charge in [0.15, 0.2) is 11.6 Å². The number of rotatable bonds is 12. The van der Waals surface area contributed by atoms with Crippen LogP contribution in [-0.2, 0) is 9.47 Å². The van der Waals surface area contributed by atoms with Crippen molar-refractivity contribution in [1.82, 2.24) is 0 Å². The molecule has 3 atom stereocenters. The maximum Gasteiger partial charge on any atom is 0.343 e. The van der Waals surface area contributed by atoms with Crippen molar-refractivity contribution in [3.63, 3.8) is 0 Å². The zero-order valence-electron chi connectivity index (χ0n) is 23.4. The molecule has 8 nitrogen and oxygen atoms in total. The Morgan fingerprint density at radius 1 is 0.721 bits per heavy atom. The van der Waals surface area contributed by atoms with E-state index in [2.05, 4.69) is 6.92 Å². The lowest BCUT2D eigenvalue weighted by molar-refractivity contribution is 0.0734. The number of ether oxygens (including phenoxy) is 7. The Morgan fingerprint density at radius 3 is 1.93 bits per heavy atom. The largest absolute Gasteiger partial charge is 0.491 e. The van der Waals surface area contributed by atoms with E-state index in [0.717, 1.165) is 28.9 Å². The summed E-state index contributed by atoms with van der Waals surface area (Å²) in [5.41, 5.74) is 4.76. The van der Waals surface area contributed by atoms with Gasteiger partial charge in [-0.05, 0) is 82.9 Å². The monoisotopic (exact) mass is 584 g/mol. The van der Waals surface area contributed by atoms with Gasteiger partial charge in [0.25, 0.3) is 0 Å². The molecule has 4 aromatic rings. The van der Waals surface area contributed by atoms with E-state index in [-0.39, 0.29) is 30.7 Å². The molecular formula is C34H29FO8. The topological polar surface area (TPSA) is 88.3 Å². The van der Waals surface area contributed by atoms with Gasteiger partial charge < -0.3 is 33.2 Å². The molecule has 3 unspecified atom stereocenters. The number of esters is 1. The number of halogens is 1. The van der Waals surface area contributed by atoms with E-state index >= 15 is 0 Å². The van der Waals surface area contributed by atoms with E-state index < -0.39 is 11.8 Å². The summed E-state index contributed by atoms with van der Waals surface area (Å²) < 4.78 is 52.7. The van der Waals surface area contributed by atoms with Crippen molar-refractivity contribution in [3.05, 3.63) is 101 Å². The lowest BCUT2D eigenvalue weighted by Crippen LogP contribution is -2.09. The number of epoxide rings is 2. The third-order valence-electron chi connectivity index (χ3n) is 7.59. The standard InChI is InChI=1S/C34H29FO8/c1-20-30-12-23(41-19-42-24-8-11-33(32(35)14-24)40-18-27-17-39-27)6-9-28(30)29-10-7-25(13-31(20)29)43-34(36)21-2-4-22(5-3-21)37-15-26-16-38-26/h2-14,20,26-27H,15-19H2,1H3. The Labute approximate surface area is 247 Å². The molecule has 7 rings (SSSR count). The van der Waals surface area contributed by atoms with Gasteiger partial charge in [-0.15, -0.1) is 0 Å². The zero-order chi connectivity index (χ0) is 29.3. The molecule has 2 saturated heterocycles. The molecule has 2 aliphatic heterocycles. The third-order valence-corrected chi connectivity index (χ3v) is 7.59. The molecule has 2 heterocycles. The molecule has 3 aliphatic rings. The van der Waals surface area contributed by atoms with E-state index in [0.29, 0.717) is 48.4 Å². The Kier molecular flexibility index (Phi) is 7.34. The Balaban J connectivity index is 0.952. The van der Waals surface area contributed by atoms with Gasteiger partial charge in [-0.2, -0.15) is 0 Å². The summed E-state index contributed by atoms with van der Waals surface area (Å²) in [4.78, 5) is 12.8. The fourth-order valence-corrected chi connectivity index (χ4v) is 5.02. The predicted octanol–water partition coefficient (Wildman–Crippen LogP) is 6.15. The molecule has 43 heavy (non-hydrogen) atoms. The summed E-state index contributed by atoms with van der Waals surface area (Å²) in [7, 11) is 0. The number of benzene rings is 4. The highest BCUT2D eigenvalue weighted by Gasteiger charge is 2.27. The summed E-state index contributed by atoms with van der Waals surface area (Å²) in [6, 6.07) is 22.9. The van der Waals surface area contributed by atoms with Crippen LogP contribution in [0.15, 0.2) is 78.9 Å². The van der Waals surface area contributed by atoms with Crippen LogP contribution in [0.2, 0.25) is 0 Å². The first-order valence-electron chi connectivity index (χ1n) is 14.1. The van der Waals surface area contributed by atoms with Crippen LogP contribution in [0.3, 0.4) is 0 Å². The van der Waals surface area contributed by atoms with Gasteiger partial charge in [-0.25, -0.2) is 9.18 Å². The molecule has 0 saturated carbocycles. The third kappa shape index (κ3) is 6.28. The van der Waals surface area contributed by atoms with E-state index in [1.807, 2.05) is 30.3 Å². The van der Waals surface area contributed by atoms with Gasteiger partial charge in [0.05, 0.1) is 18.8 Å². The second-order valence-corrected chi connectivity index (χ2v) is 10.7. The van der Waals surface area contributed by atoms with Crippen LogP contribution >= 0.6 is 0 Å². The first-order valence-corrected chi connectivity index (χ1v) is 14.1. The number of carbonyl (C=O) groups excluding carboxylic acids is 1.